The zero-order valence-electron chi connectivity index (χ0n) is 10.2. The summed E-state index contributed by atoms with van der Waals surface area (Å²) in [5, 5.41) is 15.4. The van der Waals surface area contributed by atoms with E-state index in [0.29, 0.717) is 23.0 Å². The molecule has 1 amide bonds. The highest BCUT2D eigenvalue weighted by Gasteiger charge is 2.19. The van der Waals surface area contributed by atoms with E-state index in [1.54, 1.807) is 20.9 Å². The van der Waals surface area contributed by atoms with E-state index in [2.05, 4.69) is 15.4 Å². The Morgan fingerprint density at radius 1 is 1.56 bits per heavy atom. The van der Waals surface area contributed by atoms with Crippen molar-refractivity contribution < 1.29 is 9.21 Å². The molecule has 0 spiro atoms. The van der Waals surface area contributed by atoms with E-state index in [4.69, 9.17) is 9.68 Å². The maximum absolute atomic E-state index is 12.0. The highest BCUT2D eigenvalue weighted by molar-refractivity contribution is 6.03. The van der Waals surface area contributed by atoms with Crippen LogP contribution < -0.4 is 5.32 Å². The third kappa shape index (κ3) is 1.96. The molecule has 0 fully saturated rings. The van der Waals surface area contributed by atoms with Gasteiger partial charge in [-0.1, -0.05) is 0 Å². The first-order chi connectivity index (χ1) is 8.52. The largest absolute Gasteiger partial charge is 0.436 e. The number of amides is 1. The maximum atomic E-state index is 12.0. The van der Waals surface area contributed by atoms with Crippen LogP contribution in [0, 0.1) is 25.2 Å². The average Bonchev–Trinajstić information content (AvgIpc) is 2.83. The van der Waals surface area contributed by atoms with E-state index < -0.39 is 5.91 Å². The van der Waals surface area contributed by atoms with Crippen LogP contribution in [0.3, 0.4) is 0 Å². The molecule has 2 aromatic rings. The average molecular weight is 245 g/mol. The number of nitrogens with one attached hydrogen (secondary N) is 1. The summed E-state index contributed by atoms with van der Waals surface area (Å²) in [4.78, 5) is 16.0. The quantitative estimate of drug-likeness (QED) is 0.855. The lowest BCUT2D eigenvalue weighted by Crippen LogP contribution is -2.15. The molecule has 18 heavy (non-hydrogen) atoms. The Hall–Kier alpha value is -2.62. The Labute approximate surface area is 103 Å². The van der Waals surface area contributed by atoms with E-state index in [0.717, 1.165) is 0 Å². The van der Waals surface area contributed by atoms with E-state index in [1.165, 1.54) is 10.9 Å². The molecule has 2 aromatic heterocycles. The van der Waals surface area contributed by atoms with Gasteiger partial charge in [0.05, 0.1) is 11.9 Å². The zero-order valence-corrected chi connectivity index (χ0v) is 10.2. The second-order valence-electron chi connectivity index (χ2n) is 3.74. The monoisotopic (exact) mass is 245 g/mol. The van der Waals surface area contributed by atoms with Crippen molar-refractivity contribution in [1.82, 2.24) is 14.8 Å². The van der Waals surface area contributed by atoms with Crippen molar-refractivity contribution in [2.24, 2.45) is 7.05 Å². The Balaban J connectivity index is 2.30. The molecule has 0 saturated heterocycles. The number of anilines is 1. The molecule has 0 aliphatic rings. The number of hydrogen-bond donors (Lipinski definition) is 1. The highest BCUT2D eigenvalue weighted by atomic mass is 16.4. The lowest BCUT2D eigenvalue weighted by molar-refractivity contribution is 0.0993. The second kappa shape index (κ2) is 4.33. The highest BCUT2D eigenvalue weighted by Crippen LogP contribution is 2.16. The van der Waals surface area contributed by atoms with Crippen LogP contribution in [0.2, 0.25) is 0 Å². The molecule has 0 aliphatic carbocycles. The van der Waals surface area contributed by atoms with Gasteiger partial charge in [0.15, 0.2) is 5.89 Å². The third-order valence-electron chi connectivity index (χ3n) is 2.40. The molecule has 7 heteroatoms. The molecular formula is C11H11N5O2. The van der Waals surface area contributed by atoms with E-state index in [1.807, 2.05) is 6.07 Å². The Morgan fingerprint density at radius 3 is 2.83 bits per heavy atom. The molecular weight excluding hydrogens is 234 g/mol. The maximum Gasteiger partial charge on any atom is 0.294 e. The third-order valence-corrected chi connectivity index (χ3v) is 2.40. The molecule has 0 bridgehead atoms. The predicted octanol–water partition coefficient (Wildman–Crippen LogP) is 1.15. The fourth-order valence-corrected chi connectivity index (χ4v) is 1.57. The van der Waals surface area contributed by atoms with Crippen LogP contribution in [0.5, 0.6) is 0 Å². The van der Waals surface area contributed by atoms with E-state index in [9.17, 15) is 4.79 Å². The minimum Gasteiger partial charge on any atom is -0.436 e. The molecule has 0 atom stereocenters. The van der Waals surface area contributed by atoms with Crippen LogP contribution in [0.15, 0.2) is 10.6 Å². The van der Waals surface area contributed by atoms with Crippen molar-refractivity contribution >= 4 is 11.7 Å². The molecule has 0 saturated carbocycles. The Morgan fingerprint density at radius 2 is 2.28 bits per heavy atom. The minimum absolute atomic E-state index is 0.137. The van der Waals surface area contributed by atoms with Gasteiger partial charge in [-0.25, -0.2) is 4.98 Å². The first kappa shape index (κ1) is 11.9. The number of oxazole rings is 1. The van der Waals surface area contributed by atoms with Gasteiger partial charge in [0.2, 0.25) is 5.76 Å². The van der Waals surface area contributed by atoms with Crippen LogP contribution in [0.25, 0.3) is 0 Å². The standard InChI is InChI=1S/C11H11N5O2/c1-6-9(18-7(2)14-6)11(17)15-10-8(4-12)5-13-16(10)3/h5H,1-3H3,(H,15,17). The lowest BCUT2D eigenvalue weighted by Gasteiger charge is -2.04. The summed E-state index contributed by atoms with van der Waals surface area (Å²) in [6, 6.07) is 1.95. The van der Waals surface area contributed by atoms with Gasteiger partial charge in [-0.2, -0.15) is 10.4 Å². The summed E-state index contributed by atoms with van der Waals surface area (Å²) >= 11 is 0. The van der Waals surface area contributed by atoms with E-state index in [-0.39, 0.29) is 5.76 Å². The van der Waals surface area contributed by atoms with Gasteiger partial charge in [0.1, 0.15) is 17.5 Å². The molecule has 0 aliphatic heterocycles. The summed E-state index contributed by atoms with van der Waals surface area (Å²) in [7, 11) is 1.63. The van der Waals surface area contributed by atoms with Crippen molar-refractivity contribution in [2.45, 2.75) is 13.8 Å². The molecule has 92 valence electrons. The summed E-state index contributed by atoms with van der Waals surface area (Å²) in [6.45, 7) is 3.34. The molecule has 0 aromatic carbocycles. The number of aromatic nitrogens is 3. The molecule has 7 nitrogen and oxygen atoms in total. The number of nitriles is 1. The normalized spacial score (nSPS) is 10.1. The predicted molar refractivity (Wildman–Crippen MR) is 61.9 cm³/mol. The van der Waals surface area contributed by atoms with E-state index >= 15 is 0 Å². The first-order valence-electron chi connectivity index (χ1n) is 5.20. The van der Waals surface area contributed by atoms with Crippen LogP contribution in [0.4, 0.5) is 5.82 Å². The van der Waals surface area contributed by atoms with Gasteiger partial charge in [-0.15, -0.1) is 0 Å². The number of carbonyl (C=O) groups is 1. The van der Waals surface area contributed by atoms with Gasteiger partial charge >= 0.3 is 0 Å². The van der Waals surface area contributed by atoms with Gasteiger partial charge in [-0.05, 0) is 6.92 Å². The molecule has 0 unspecified atom stereocenters. The van der Waals surface area contributed by atoms with Crippen LogP contribution in [-0.4, -0.2) is 20.7 Å². The van der Waals surface area contributed by atoms with Crippen LogP contribution in [0.1, 0.15) is 27.7 Å². The summed E-state index contributed by atoms with van der Waals surface area (Å²) < 4.78 is 6.61. The van der Waals surface area contributed by atoms with Gasteiger partial charge < -0.3 is 9.73 Å². The molecule has 2 heterocycles. The number of rotatable bonds is 2. The smallest absolute Gasteiger partial charge is 0.294 e. The van der Waals surface area contributed by atoms with Crippen molar-refractivity contribution in [2.75, 3.05) is 5.32 Å². The first-order valence-corrected chi connectivity index (χ1v) is 5.20. The fourth-order valence-electron chi connectivity index (χ4n) is 1.57. The summed E-state index contributed by atoms with van der Waals surface area (Å²) in [6.07, 6.45) is 1.38. The Bertz CT molecular complexity index is 647. The van der Waals surface area contributed by atoms with Crippen LogP contribution >= 0.6 is 0 Å². The van der Waals surface area contributed by atoms with Crippen molar-refractivity contribution in [3.63, 3.8) is 0 Å². The minimum atomic E-state index is -0.451. The van der Waals surface area contributed by atoms with Crippen LogP contribution in [-0.2, 0) is 7.05 Å². The number of carbonyl (C=O) groups excluding carboxylic acids is 1. The fraction of sp³-hybridized carbons (Fsp3) is 0.273. The number of aryl methyl sites for hydroxylation is 3. The SMILES string of the molecule is Cc1nc(C)c(C(=O)Nc2c(C#N)cnn2C)o1. The number of nitrogens with zero attached hydrogens (tertiary/aromatic N) is 4. The van der Waals surface area contributed by atoms with Crippen molar-refractivity contribution in [1.29, 1.82) is 5.26 Å². The zero-order chi connectivity index (χ0) is 13.3. The van der Waals surface area contributed by atoms with Gasteiger partial charge in [0.25, 0.3) is 5.91 Å². The number of hydrogen-bond acceptors (Lipinski definition) is 5. The van der Waals surface area contributed by atoms with Gasteiger partial charge in [0, 0.05) is 14.0 Å². The molecule has 2 rings (SSSR count). The molecule has 0 radical (unpaired) electrons. The van der Waals surface area contributed by atoms with Crippen molar-refractivity contribution in [3.8, 4) is 6.07 Å². The molecule has 1 N–H and O–H groups in total. The Kier molecular flexibility index (Phi) is 2.85. The summed E-state index contributed by atoms with van der Waals surface area (Å²) in [5.74, 6) is 0.435. The second-order valence-corrected chi connectivity index (χ2v) is 3.74. The topological polar surface area (TPSA) is 96.7 Å². The summed E-state index contributed by atoms with van der Waals surface area (Å²) in [5.41, 5.74) is 0.797. The van der Waals surface area contributed by atoms with Crippen molar-refractivity contribution in [3.05, 3.63) is 29.1 Å². The van der Waals surface area contributed by atoms with Gasteiger partial charge in [-0.3, -0.25) is 9.48 Å². The lowest BCUT2D eigenvalue weighted by atomic mass is 10.3.